The lowest BCUT2D eigenvalue weighted by atomic mass is 9.30. The SMILES string of the molecule is C[C@@H]1CN(c2cc(N3CCN(CC4=C(C56CC(c7ccccc7)(C5)C6)CC(C)(C)CC4)CC3)ccc2C(=O)NS(=O)(=O)c2ccc(NCC3CCOCC3)c([N+](=O)[O-])c2)c2cc3cc[nH]c3nc2O1. The number of sulfonamides is 1. The minimum Gasteiger partial charge on any atom is -0.471 e. The molecular weight excluding hydrogens is 893 g/mol. The first-order valence-corrected chi connectivity index (χ1v) is 26.1. The molecular formula is C53H62N8O7S. The van der Waals surface area contributed by atoms with Crippen LogP contribution in [0.4, 0.5) is 28.4 Å². The maximum Gasteiger partial charge on any atom is 0.293 e. The third-order valence-electron chi connectivity index (χ3n) is 16.1. The van der Waals surface area contributed by atoms with Gasteiger partial charge in [0.1, 0.15) is 23.1 Å². The third-order valence-corrected chi connectivity index (χ3v) is 17.4. The predicted octanol–water partition coefficient (Wildman–Crippen LogP) is 9.10. The smallest absolute Gasteiger partial charge is 0.293 e. The lowest BCUT2D eigenvalue weighted by Crippen LogP contribution is -2.66. The van der Waals surface area contributed by atoms with Gasteiger partial charge in [0.25, 0.3) is 21.6 Å². The Morgan fingerprint density at radius 3 is 2.46 bits per heavy atom. The number of nitro benzene ring substituents is 1. The van der Waals surface area contributed by atoms with Crippen LogP contribution in [0.2, 0.25) is 0 Å². The summed E-state index contributed by atoms with van der Waals surface area (Å²) in [6.45, 7) is 13.3. The minimum absolute atomic E-state index is 0.127. The van der Waals surface area contributed by atoms with Crippen LogP contribution in [0.15, 0.2) is 101 Å². The molecule has 69 heavy (non-hydrogen) atoms. The number of hydrogen-bond donors (Lipinski definition) is 3. The molecule has 0 unspecified atom stereocenters. The molecule has 16 heteroatoms. The van der Waals surface area contributed by atoms with Crippen molar-refractivity contribution in [3.8, 4) is 5.88 Å². The molecule has 3 N–H and O–H groups in total. The highest BCUT2D eigenvalue weighted by atomic mass is 32.2. The fourth-order valence-corrected chi connectivity index (χ4v) is 13.3. The Bertz CT molecular complexity index is 2940. The summed E-state index contributed by atoms with van der Waals surface area (Å²) in [5.41, 5.74) is 8.63. The maximum atomic E-state index is 14.5. The second-order valence-corrected chi connectivity index (χ2v) is 23.1. The van der Waals surface area contributed by atoms with Crippen molar-refractivity contribution in [3.05, 3.63) is 117 Å². The first kappa shape index (κ1) is 45.5. The van der Waals surface area contributed by atoms with E-state index in [2.05, 4.69) is 69.0 Å². The summed E-state index contributed by atoms with van der Waals surface area (Å²) in [6.07, 6.45) is 10.5. The molecule has 5 heterocycles. The normalized spacial score (nSPS) is 24.8. The van der Waals surface area contributed by atoms with Crippen LogP contribution in [0, 0.1) is 26.9 Å². The van der Waals surface area contributed by atoms with Crippen LogP contribution in [0.25, 0.3) is 11.0 Å². The number of anilines is 4. The highest BCUT2D eigenvalue weighted by Gasteiger charge is 2.69. The second-order valence-electron chi connectivity index (χ2n) is 21.4. The van der Waals surface area contributed by atoms with Crippen LogP contribution in [0.5, 0.6) is 5.88 Å². The Morgan fingerprint density at radius 1 is 0.942 bits per heavy atom. The number of fused-ring (bicyclic) bond motifs is 2. The molecule has 0 radical (unpaired) electrons. The number of amides is 1. The van der Waals surface area contributed by atoms with Gasteiger partial charge in [-0.3, -0.25) is 19.8 Å². The lowest BCUT2D eigenvalue weighted by molar-refractivity contribution is -0.384. The summed E-state index contributed by atoms with van der Waals surface area (Å²) in [6, 6.07) is 24.2. The van der Waals surface area contributed by atoms with Gasteiger partial charge >= 0.3 is 0 Å². The molecule has 3 aliphatic heterocycles. The number of piperazine rings is 1. The van der Waals surface area contributed by atoms with Gasteiger partial charge in [-0.1, -0.05) is 55.3 Å². The zero-order chi connectivity index (χ0) is 47.7. The number of carbonyl (C=O) groups excluding carboxylic acids is 1. The van der Waals surface area contributed by atoms with Crippen molar-refractivity contribution in [2.75, 3.05) is 74.1 Å². The van der Waals surface area contributed by atoms with Gasteiger partial charge in [-0.2, -0.15) is 4.98 Å². The van der Waals surface area contributed by atoms with E-state index < -0.39 is 26.5 Å². The number of nitro groups is 1. The van der Waals surface area contributed by atoms with Gasteiger partial charge in [0.2, 0.25) is 5.88 Å². The van der Waals surface area contributed by atoms with E-state index in [-0.39, 0.29) is 28.2 Å². The van der Waals surface area contributed by atoms with Gasteiger partial charge in [-0.15, -0.1) is 0 Å². The zero-order valence-corrected chi connectivity index (χ0v) is 40.6. The second kappa shape index (κ2) is 17.5. The number of pyridine rings is 1. The zero-order valence-electron chi connectivity index (χ0n) is 39.8. The van der Waals surface area contributed by atoms with E-state index in [1.807, 2.05) is 42.3 Å². The van der Waals surface area contributed by atoms with Crippen LogP contribution in [-0.4, -0.2) is 99.2 Å². The van der Waals surface area contributed by atoms with Crippen LogP contribution in [-0.2, 0) is 20.2 Å². The van der Waals surface area contributed by atoms with Gasteiger partial charge < -0.3 is 29.6 Å². The largest absolute Gasteiger partial charge is 0.471 e. The minimum atomic E-state index is -4.56. The molecule has 3 saturated carbocycles. The topological polar surface area (TPSA) is 175 Å². The van der Waals surface area contributed by atoms with Crippen molar-refractivity contribution in [1.29, 1.82) is 0 Å². The molecule has 0 spiro atoms. The summed E-state index contributed by atoms with van der Waals surface area (Å²) in [4.78, 5) is 40.6. The lowest BCUT2D eigenvalue weighted by Gasteiger charge is -2.73. The number of ether oxygens (including phenoxy) is 2. The summed E-state index contributed by atoms with van der Waals surface area (Å²) >= 11 is 0. The Kier molecular flexibility index (Phi) is 11.5. The number of carbonyl (C=O) groups is 1. The highest BCUT2D eigenvalue weighted by Crippen LogP contribution is 2.78. The Balaban J connectivity index is 0.846. The highest BCUT2D eigenvalue weighted by molar-refractivity contribution is 7.90. The first-order chi connectivity index (χ1) is 33.2. The number of nitrogens with zero attached hydrogens (tertiary/aromatic N) is 5. The summed E-state index contributed by atoms with van der Waals surface area (Å²) in [5, 5.41) is 16.2. The molecule has 1 amide bonds. The predicted molar refractivity (Wildman–Crippen MR) is 267 cm³/mol. The fraction of sp³-hybridized carbons (Fsp3) is 0.472. The molecule has 2 saturated heterocycles. The number of allylic oxidation sites excluding steroid dienone is 1. The molecule has 5 fully saturated rings. The Morgan fingerprint density at radius 2 is 1.71 bits per heavy atom. The third kappa shape index (κ3) is 8.62. The Hall–Kier alpha value is -5.97. The van der Waals surface area contributed by atoms with Crippen molar-refractivity contribution >= 4 is 55.4 Å². The molecule has 5 aromatic rings. The standard InChI is InChI=1S/C53H62N8O7S/c1-35-30-60(47-25-37-14-18-54-48(37)56-50(47)68-35)45-26-40(9-11-42(45)49(62)57-69(65,66)41-10-12-44(46(27-41)61(63)64)55-29-36-15-23-67-24-16-36)59-21-19-58(20-22-59)31-38-13-17-51(2,3)28-43(38)53-32-52(33-53,34-53)39-7-5-4-6-8-39/h4-12,14,18,25-27,35-36,55H,13,15-17,19-24,28-34H2,1-3H3,(H,54,56)(H,57,62)/t35-,52?,53?/m1/s1. The summed E-state index contributed by atoms with van der Waals surface area (Å²) < 4.78 is 41.9. The van der Waals surface area contributed by atoms with E-state index in [4.69, 9.17) is 14.5 Å². The molecule has 12 rings (SSSR count). The van der Waals surface area contributed by atoms with E-state index in [1.54, 1.807) is 17.2 Å². The van der Waals surface area contributed by atoms with E-state index in [1.165, 1.54) is 49.8 Å². The van der Waals surface area contributed by atoms with Crippen molar-refractivity contribution in [3.63, 3.8) is 0 Å². The van der Waals surface area contributed by atoms with Gasteiger partial charge in [-0.25, -0.2) is 13.1 Å². The van der Waals surface area contributed by atoms with Gasteiger partial charge in [0.15, 0.2) is 0 Å². The maximum absolute atomic E-state index is 14.5. The molecule has 15 nitrogen and oxygen atoms in total. The van der Waals surface area contributed by atoms with Crippen LogP contribution in [0.1, 0.15) is 88.1 Å². The summed E-state index contributed by atoms with van der Waals surface area (Å²) in [7, 11) is -4.56. The molecule has 1 atom stereocenters. The first-order valence-electron chi connectivity index (χ1n) is 24.6. The van der Waals surface area contributed by atoms with Crippen molar-refractivity contribution in [2.45, 2.75) is 88.6 Å². The molecule has 4 aliphatic carbocycles. The average molecular weight is 955 g/mol. The van der Waals surface area contributed by atoms with Gasteiger partial charge in [-0.05, 0) is 128 Å². The summed E-state index contributed by atoms with van der Waals surface area (Å²) in [5.74, 6) is -0.187. The molecule has 3 aromatic carbocycles. The van der Waals surface area contributed by atoms with E-state index >= 15 is 0 Å². The van der Waals surface area contributed by atoms with E-state index in [0.717, 1.165) is 69.1 Å². The number of hydrogen-bond acceptors (Lipinski definition) is 12. The van der Waals surface area contributed by atoms with Crippen LogP contribution >= 0.6 is 0 Å². The van der Waals surface area contributed by atoms with Gasteiger partial charge in [0.05, 0.1) is 27.6 Å². The molecule has 362 valence electrons. The average Bonchev–Trinajstić information content (AvgIpc) is 3.78. The van der Waals surface area contributed by atoms with Crippen LogP contribution < -0.4 is 24.6 Å². The van der Waals surface area contributed by atoms with Crippen molar-refractivity contribution in [2.24, 2.45) is 16.7 Å². The molecule has 2 bridgehead atoms. The number of aromatic amines is 1. The Labute approximate surface area is 403 Å². The number of nitrogens with one attached hydrogen (secondary N) is 3. The van der Waals surface area contributed by atoms with E-state index in [9.17, 15) is 23.3 Å². The fourth-order valence-electron chi connectivity index (χ4n) is 12.3. The monoisotopic (exact) mass is 954 g/mol. The van der Waals surface area contributed by atoms with Gasteiger partial charge in [0, 0.05) is 75.8 Å². The number of aromatic nitrogens is 2. The van der Waals surface area contributed by atoms with Crippen LogP contribution in [0.3, 0.4) is 0 Å². The van der Waals surface area contributed by atoms with Crippen molar-refractivity contribution < 1.29 is 27.6 Å². The quantitative estimate of drug-likeness (QED) is 0.0581. The number of rotatable bonds is 13. The molecule has 2 aromatic heterocycles. The van der Waals surface area contributed by atoms with Crippen molar-refractivity contribution in [1.82, 2.24) is 19.6 Å². The number of benzene rings is 3. The van der Waals surface area contributed by atoms with E-state index in [0.29, 0.717) is 65.5 Å². The number of H-pyrrole nitrogens is 1. The molecule has 7 aliphatic rings.